The van der Waals surface area contributed by atoms with E-state index in [9.17, 15) is 14.7 Å². The first-order valence-corrected chi connectivity index (χ1v) is 15.3. The van der Waals surface area contributed by atoms with Crippen LogP contribution in [0.4, 0.5) is 22.0 Å². The smallest absolute Gasteiger partial charge is 0.417 e. The van der Waals surface area contributed by atoms with Crippen LogP contribution < -0.4 is 10.2 Å². The average molecular weight is 619 g/mol. The quantitative estimate of drug-likeness (QED) is 0.254. The van der Waals surface area contributed by atoms with Crippen LogP contribution in [0, 0.1) is 0 Å². The van der Waals surface area contributed by atoms with Crippen molar-refractivity contribution in [2.75, 3.05) is 23.3 Å². The number of carbonyl (C=O) groups excluding carboxylic acids is 2. The summed E-state index contributed by atoms with van der Waals surface area (Å²) in [4.78, 5) is 39.4. The Bertz CT molecular complexity index is 1690. The Hall–Kier alpha value is -4.15. The third-order valence-corrected chi connectivity index (χ3v) is 7.95. The van der Waals surface area contributed by atoms with Crippen molar-refractivity contribution in [3.05, 3.63) is 65.1 Å². The average Bonchev–Trinajstić information content (AvgIpc) is 3.54. The third-order valence-electron chi connectivity index (χ3n) is 7.65. The highest BCUT2D eigenvalue weighted by molar-refractivity contribution is 6.35. The van der Waals surface area contributed by atoms with Gasteiger partial charge in [0.25, 0.3) is 5.91 Å². The zero-order chi connectivity index (χ0) is 31.8. The Labute approximate surface area is 262 Å². The number of hydrogen-bond acceptors (Lipinski definition) is 8. The number of carbonyl (C=O) groups is 2. The molecule has 232 valence electrons. The zero-order valence-corrected chi connectivity index (χ0v) is 26.8. The number of aromatic nitrogens is 3. The highest BCUT2D eigenvalue weighted by atomic mass is 35.5. The van der Waals surface area contributed by atoms with Gasteiger partial charge in [0.2, 0.25) is 0 Å². The summed E-state index contributed by atoms with van der Waals surface area (Å²) in [7, 11) is 1.92. The first-order valence-electron chi connectivity index (χ1n) is 15.0. The first-order chi connectivity index (χ1) is 21.0. The maximum atomic E-state index is 13.9. The van der Waals surface area contributed by atoms with Gasteiger partial charge < -0.3 is 24.6 Å². The third kappa shape index (κ3) is 6.09. The molecule has 1 aromatic carbocycles. The van der Waals surface area contributed by atoms with Gasteiger partial charge in [-0.2, -0.15) is 0 Å². The molecule has 2 aliphatic rings. The SMILES string of the molecule is CC.Cn1ccc2c(-c3c(Cl)cc(Nc4ccc(N5CCC(O)CC5)cn4)c4c3CN(C(=O)OC(C)(C)C)C4=O)ccnc21. The second-order valence-electron chi connectivity index (χ2n) is 11.8. The van der Waals surface area contributed by atoms with E-state index in [1.807, 2.05) is 55.9 Å². The number of benzene rings is 1. The van der Waals surface area contributed by atoms with Crippen LogP contribution in [-0.2, 0) is 18.3 Å². The van der Waals surface area contributed by atoms with E-state index in [-0.39, 0.29) is 12.6 Å². The fraction of sp³-hybridized carbons (Fsp3) is 0.394. The van der Waals surface area contributed by atoms with Crippen molar-refractivity contribution in [1.29, 1.82) is 0 Å². The maximum Gasteiger partial charge on any atom is 0.417 e. The molecule has 4 aromatic rings. The van der Waals surface area contributed by atoms with Crippen LogP contribution in [0.15, 0.2) is 48.9 Å². The van der Waals surface area contributed by atoms with E-state index < -0.39 is 17.6 Å². The van der Waals surface area contributed by atoms with Gasteiger partial charge in [-0.1, -0.05) is 25.4 Å². The molecule has 2 N–H and O–H groups in total. The molecule has 10 nitrogen and oxygen atoms in total. The molecule has 6 rings (SSSR count). The molecule has 0 unspecified atom stereocenters. The van der Waals surface area contributed by atoms with Gasteiger partial charge in [0.1, 0.15) is 17.1 Å². The number of ether oxygens (including phenoxy) is 1. The van der Waals surface area contributed by atoms with Gasteiger partial charge in [-0.05, 0) is 75.1 Å². The highest BCUT2D eigenvalue weighted by Gasteiger charge is 2.39. The molecule has 0 atom stereocenters. The topological polar surface area (TPSA) is 113 Å². The lowest BCUT2D eigenvalue weighted by molar-refractivity contribution is 0.0248. The molecule has 1 fully saturated rings. The number of nitrogens with one attached hydrogen (secondary N) is 1. The lowest BCUT2D eigenvalue weighted by atomic mass is 9.94. The van der Waals surface area contributed by atoms with E-state index in [1.54, 1.807) is 39.2 Å². The summed E-state index contributed by atoms with van der Waals surface area (Å²) in [6.07, 6.45) is 5.88. The van der Waals surface area contributed by atoms with Gasteiger partial charge >= 0.3 is 6.09 Å². The van der Waals surface area contributed by atoms with Crippen molar-refractivity contribution in [3.63, 3.8) is 0 Å². The fourth-order valence-corrected chi connectivity index (χ4v) is 5.94. The normalized spacial score (nSPS) is 15.2. The van der Waals surface area contributed by atoms with Crippen molar-refractivity contribution >= 4 is 51.8 Å². The fourth-order valence-electron chi connectivity index (χ4n) is 5.62. The van der Waals surface area contributed by atoms with Crippen LogP contribution in [0.2, 0.25) is 5.02 Å². The monoisotopic (exact) mass is 618 g/mol. The van der Waals surface area contributed by atoms with Crippen molar-refractivity contribution < 1.29 is 19.4 Å². The van der Waals surface area contributed by atoms with E-state index in [4.69, 9.17) is 16.3 Å². The van der Waals surface area contributed by atoms with E-state index in [0.717, 1.165) is 53.1 Å². The Balaban J connectivity index is 0.00000188. The largest absolute Gasteiger partial charge is 0.443 e. The van der Waals surface area contributed by atoms with Gasteiger partial charge in [0.05, 0.1) is 40.8 Å². The maximum absolute atomic E-state index is 13.9. The summed E-state index contributed by atoms with van der Waals surface area (Å²) >= 11 is 6.98. The Morgan fingerprint density at radius 1 is 1.09 bits per heavy atom. The summed E-state index contributed by atoms with van der Waals surface area (Å²) < 4.78 is 7.49. The highest BCUT2D eigenvalue weighted by Crippen LogP contribution is 2.44. The molecule has 3 aromatic heterocycles. The summed E-state index contributed by atoms with van der Waals surface area (Å²) in [5.41, 5.74) is 3.88. The summed E-state index contributed by atoms with van der Waals surface area (Å²) in [6.45, 7) is 10.8. The summed E-state index contributed by atoms with van der Waals surface area (Å²) in [5, 5.41) is 14.4. The predicted octanol–water partition coefficient (Wildman–Crippen LogP) is 6.91. The number of amides is 2. The molecular formula is C33H39ClN6O4. The number of halogens is 1. The van der Waals surface area contributed by atoms with E-state index in [2.05, 4.69) is 20.2 Å². The molecule has 0 bridgehead atoms. The molecule has 0 saturated carbocycles. The predicted molar refractivity (Wildman–Crippen MR) is 174 cm³/mol. The van der Waals surface area contributed by atoms with Crippen LogP contribution in [-0.4, -0.2) is 61.3 Å². The number of aliphatic hydroxyl groups excluding tert-OH is 1. The van der Waals surface area contributed by atoms with Crippen molar-refractivity contribution in [3.8, 4) is 11.1 Å². The standard InChI is InChI=1S/C31H33ClN6O4.C2H6/c1-31(2,3)42-30(41)38-17-22-26(20-7-11-33-28-21(20)10-12-36(28)4)23(32)15-24(27(22)29(38)40)35-25-6-5-18(16-34-25)37-13-8-19(39)9-14-37;1-2/h5-7,10-12,15-16,19,39H,8-9,13-14,17H2,1-4H3,(H,34,35);1-2H3. The Kier molecular flexibility index (Phi) is 8.85. The molecule has 0 spiro atoms. The second kappa shape index (κ2) is 12.5. The van der Waals surface area contributed by atoms with Gasteiger partial charge in [0.15, 0.2) is 0 Å². The minimum atomic E-state index is -0.771. The summed E-state index contributed by atoms with van der Waals surface area (Å²) in [6, 6.07) is 9.35. The number of pyridine rings is 2. The molecule has 44 heavy (non-hydrogen) atoms. The van der Waals surface area contributed by atoms with Crippen LogP contribution in [0.5, 0.6) is 0 Å². The molecule has 2 amide bonds. The van der Waals surface area contributed by atoms with Crippen molar-refractivity contribution in [2.24, 2.45) is 7.05 Å². The molecule has 2 aliphatic heterocycles. The Morgan fingerprint density at radius 2 is 1.82 bits per heavy atom. The first kappa shape index (κ1) is 31.3. The molecule has 5 heterocycles. The number of aliphatic hydroxyl groups is 1. The van der Waals surface area contributed by atoms with Crippen LogP contribution in [0.3, 0.4) is 0 Å². The van der Waals surface area contributed by atoms with Crippen molar-refractivity contribution in [2.45, 2.75) is 65.7 Å². The van der Waals surface area contributed by atoms with Gasteiger partial charge in [-0.3, -0.25) is 4.79 Å². The Morgan fingerprint density at radius 3 is 2.48 bits per heavy atom. The number of piperidine rings is 1. The number of imide groups is 1. The molecule has 0 radical (unpaired) electrons. The summed E-state index contributed by atoms with van der Waals surface area (Å²) in [5.74, 6) is 0.0567. The number of aryl methyl sites for hydroxylation is 1. The minimum Gasteiger partial charge on any atom is -0.443 e. The lowest BCUT2D eigenvalue weighted by Gasteiger charge is -2.31. The van der Waals surface area contributed by atoms with Crippen molar-refractivity contribution in [1.82, 2.24) is 19.4 Å². The van der Waals surface area contributed by atoms with Crippen LogP contribution in [0.25, 0.3) is 22.2 Å². The number of rotatable bonds is 4. The van der Waals surface area contributed by atoms with Gasteiger partial charge in [-0.25, -0.2) is 19.7 Å². The molecule has 1 saturated heterocycles. The number of anilines is 3. The number of hydrogen-bond donors (Lipinski definition) is 2. The second-order valence-corrected chi connectivity index (χ2v) is 12.2. The van der Waals surface area contributed by atoms with E-state index >= 15 is 0 Å². The van der Waals surface area contributed by atoms with Crippen LogP contribution in [0.1, 0.15) is 63.4 Å². The van der Waals surface area contributed by atoms with E-state index in [0.29, 0.717) is 33.2 Å². The minimum absolute atomic E-state index is 0.0114. The lowest BCUT2D eigenvalue weighted by Crippen LogP contribution is -2.37. The van der Waals surface area contributed by atoms with Gasteiger partial charge in [-0.15, -0.1) is 0 Å². The number of fused-ring (bicyclic) bond motifs is 2. The molecular weight excluding hydrogens is 580 g/mol. The molecule has 0 aliphatic carbocycles. The number of nitrogens with zero attached hydrogens (tertiary/aromatic N) is 5. The van der Waals surface area contributed by atoms with Crippen LogP contribution >= 0.6 is 11.6 Å². The van der Waals surface area contributed by atoms with E-state index in [1.165, 1.54) is 0 Å². The zero-order valence-electron chi connectivity index (χ0n) is 26.0. The van der Waals surface area contributed by atoms with Gasteiger partial charge in [0, 0.05) is 43.5 Å². The molecule has 11 heteroatoms.